The first-order valence-electron chi connectivity index (χ1n) is 10.4. The summed E-state index contributed by atoms with van der Waals surface area (Å²) in [5, 5.41) is 0. The Labute approximate surface area is 198 Å². The summed E-state index contributed by atoms with van der Waals surface area (Å²) in [7, 11) is -4.92. The third kappa shape index (κ3) is 12.3. The molecular weight excluding hydrogens is 402 g/mol. The molecule has 0 radical (unpaired) electrons. The zero-order valence-electron chi connectivity index (χ0n) is 18.0. The van der Waals surface area contributed by atoms with Gasteiger partial charge in [0.05, 0.1) is 0 Å². The first-order valence-corrected chi connectivity index (χ1v) is 11.7. The van der Waals surface area contributed by atoms with Gasteiger partial charge in [-0.05, 0) is 30.5 Å². The zero-order chi connectivity index (χ0) is 20.9. The minimum Gasteiger partial charge on any atom is -0.725 e. The van der Waals surface area contributed by atoms with E-state index in [-0.39, 0.29) is 36.0 Å². The molecule has 0 N–H and O–H groups in total. The number of hydrogen-bond donors (Lipinski definition) is 0. The number of unbranched alkanes of at least 4 members (excludes halogenated alkanes) is 9. The quantitative estimate of drug-likeness (QED) is 0.131. The third-order valence-electron chi connectivity index (χ3n) is 5.04. The Balaban J connectivity index is 0.00000784. The molecule has 0 aliphatic carbocycles. The van der Waals surface area contributed by atoms with E-state index >= 15 is 0 Å². The standard InChI is InChI=1S/C22H35FO4S.Na/c1-3-5-6-7-8-9-10-11-12-13-19-22(18-4-2,27-28(24,25)26)20-14-16-21(23)17-15-20;/h4,14-17H,2-3,5-13,18-19H2,1H3,(H,24,25,26);/q;+1/p-1. The topological polar surface area (TPSA) is 66.4 Å². The molecule has 0 fully saturated rings. The van der Waals surface area contributed by atoms with E-state index in [2.05, 4.69) is 13.5 Å². The zero-order valence-corrected chi connectivity index (χ0v) is 20.8. The molecular formula is C22H34FNaO4S. The summed E-state index contributed by atoms with van der Waals surface area (Å²) in [6.07, 6.45) is 13.5. The second kappa shape index (κ2) is 15.5. The molecule has 1 aromatic rings. The van der Waals surface area contributed by atoms with Gasteiger partial charge in [0.25, 0.3) is 0 Å². The molecule has 1 aromatic carbocycles. The van der Waals surface area contributed by atoms with Gasteiger partial charge in [-0.1, -0.05) is 89.3 Å². The van der Waals surface area contributed by atoms with Crippen LogP contribution in [-0.2, 0) is 20.2 Å². The van der Waals surface area contributed by atoms with Gasteiger partial charge in [-0.2, -0.15) is 0 Å². The fraction of sp³-hybridized carbons (Fsp3) is 0.636. The van der Waals surface area contributed by atoms with Crippen LogP contribution in [0, 0.1) is 5.82 Å². The van der Waals surface area contributed by atoms with E-state index in [4.69, 9.17) is 4.18 Å². The Morgan fingerprint density at radius 2 is 1.48 bits per heavy atom. The summed E-state index contributed by atoms with van der Waals surface area (Å²) in [4.78, 5) is 0. The van der Waals surface area contributed by atoms with E-state index < -0.39 is 21.8 Å². The molecule has 0 amide bonds. The first-order chi connectivity index (χ1) is 13.3. The summed E-state index contributed by atoms with van der Waals surface area (Å²) in [6.45, 7) is 5.88. The average Bonchev–Trinajstić information content (AvgIpc) is 2.62. The maximum absolute atomic E-state index is 13.3. The van der Waals surface area contributed by atoms with Gasteiger partial charge in [-0.25, -0.2) is 12.8 Å². The third-order valence-corrected chi connectivity index (χ3v) is 5.56. The number of hydrogen-bond acceptors (Lipinski definition) is 4. The van der Waals surface area contributed by atoms with Crippen LogP contribution < -0.4 is 29.6 Å². The molecule has 1 unspecified atom stereocenters. The minimum absolute atomic E-state index is 0. The largest absolute Gasteiger partial charge is 1.00 e. The van der Waals surface area contributed by atoms with Crippen molar-refractivity contribution in [3.8, 4) is 0 Å². The van der Waals surface area contributed by atoms with Crippen molar-refractivity contribution in [1.82, 2.24) is 0 Å². The van der Waals surface area contributed by atoms with Crippen molar-refractivity contribution in [2.24, 2.45) is 0 Å². The fourth-order valence-electron chi connectivity index (χ4n) is 3.57. The number of rotatable bonds is 16. The molecule has 1 rings (SSSR count). The molecule has 0 bridgehead atoms. The summed E-state index contributed by atoms with van der Waals surface area (Å²) in [5.41, 5.74) is -0.847. The molecule has 0 saturated carbocycles. The van der Waals surface area contributed by atoms with Crippen molar-refractivity contribution in [3.05, 3.63) is 48.3 Å². The van der Waals surface area contributed by atoms with Gasteiger partial charge in [0, 0.05) is 0 Å². The van der Waals surface area contributed by atoms with Gasteiger partial charge < -0.3 is 4.55 Å². The van der Waals surface area contributed by atoms with Crippen LogP contribution in [0.2, 0.25) is 0 Å². The SMILES string of the molecule is C=CCC(CCCCCCCCCCCC)(OS(=O)(=O)[O-])c1ccc(F)cc1.[Na+]. The molecule has 0 aliphatic heterocycles. The van der Waals surface area contributed by atoms with Crippen LogP contribution in [-0.4, -0.2) is 13.0 Å². The molecule has 7 heteroatoms. The summed E-state index contributed by atoms with van der Waals surface area (Å²) in [5.74, 6) is -0.430. The van der Waals surface area contributed by atoms with Crippen molar-refractivity contribution < 1.29 is 51.1 Å². The van der Waals surface area contributed by atoms with Crippen LogP contribution in [0.4, 0.5) is 4.39 Å². The van der Waals surface area contributed by atoms with Crippen molar-refractivity contribution in [1.29, 1.82) is 0 Å². The Kier molecular flexibility index (Phi) is 15.4. The number of benzene rings is 1. The second-order valence-corrected chi connectivity index (χ2v) is 8.40. The molecule has 160 valence electrons. The summed E-state index contributed by atoms with van der Waals surface area (Å²) >= 11 is 0. The van der Waals surface area contributed by atoms with Gasteiger partial charge in [-0.3, -0.25) is 4.18 Å². The molecule has 4 nitrogen and oxygen atoms in total. The van der Waals surface area contributed by atoms with Crippen molar-refractivity contribution >= 4 is 10.4 Å². The van der Waals surface area contributed by atoms with E-state index in [1.807, 2.05) is 0 Å². The molecule has 0 aromatic heterocycles. The van der Waals surface area contributed by atoms with Gasteiger partial charge in [0.15, 0.2) is 0 Å². The fourth-order valence-corrected chi connectivity index (χ4v) is 4.21. The first kappa shape index (κ1) is 28.8. The molecule has 0 spiro atoms. The monoisotopic (exact) mass is 436 g/mol. The van der Waals surface area contributed by atoms with Crippen LogP contribution in [0.1, 0.15) is 89.5 Å². The van der Waals surface area contributed by atoms with Crippen LogP contribution in [0.25, 0.3) is 0 Å². The van der Waals surface area contributed by atoms with Crippen molar-refractivity contribution in [2.75, 3.05) is 0 Å². The van der Waals surface area contributed by atoms with Crippen molar-refractivity contribution in [2.45, 2.75) is 89.6 Å². The normalized spacial score (nSPS) is 13.5. The predicted molar refractivity (Wildman–Crippen MR) is 110 cm³/mol. The second-order valence-electron chi connectivity index (χ2n) is 7.42. The summed E-state index contributed by atoms with van der Waals surface area (Å²) < 4.78 is 52.4. The van der Waals surface area contributed by atoms with Gasteiger partial charge in [-0.15, -0.1) is 6.58 Å². The molecule has 29 heavy (non-hydrogen) atoms. The summed E-state index contributed by atoms with van der Waals surface area (Å²) in [6, 6.07) is 5.43. The van der Waals surface area contributed by atoms with Crippen LogP contribution in [0.15, 0.2) is 36.9 Å². The van der Waals surface area contributed by atoms with Gasteiger partial charge in [0.2, 0.25) is 10.4 Å². The molecule has 0 aliphatic rings. The molecule has 0 saturated heterocycles. The van der Waals surface area contributed by atoms with E-state index in [0.29, 0.717) is 12.0 Å². The van der Waals surface area contributed by atoms with Crippen LogP contribution in [0.5, 0.6) is 0 Å². The Morgan fingerprint density at radius 1 is 1.00 bits per heavy atom. The Bertz CT molecular complexity index is 664. The van der Waals surface area contributed by atoms with Gasteiger partial charge in [0.1, 0.15) is 11.4 Å². The predicted octanol–water partition coefficient (Wildman–Crippen LogP) is 3.39. The van der Waals surface area contributed by atoms with Crippen LogP contribution >= 0.6 is 0 Å². The van der Waals surface area contributed by atoms with E-state index in [0.717, 1.165) is 25.7 Å². The van der Waals surface area contributed by atoms with Crippen LogP contribution in [0.3, 0.4) is 0 Å². The van der Waals surface area contributed by atoms with E-state index in [1.165, 1.54) is 68.9 Å². The van der Waals surface area contributed by atoms with E-state index in [1.54, 1.807) is 0 Å². The van der Waals surface area contributed by atoms with E-state index in [9.17, 15) is 17.4 Å². The molecule has 0 heterocycles. The minimum atomic E-state index is -4.92. The maximum Gasteiger partial charge on any atom is 1.00 e. The van der Waals surface area contributed by atoms with Gasteiger partial charge >= 0.3 is 29.6 Å². The average molecular weight is 437 g/mol. The van der Waals surface area contributed by atoms with Crippen molar-refractivity contribution in [3.63, 3.8) is 0 Å². The Hall–Kier alpha value is -0.240. The number of halogens is 1. The molecule has 1 atom stereocenters. The smallest absolute Gasteiger partial charge is 0.725 e. The maximum atomic E-state index is 13.3. The Morgan fingerprint density at radius 3 is 1.93 bits per heavy atom.